The molecule has 0 fully saturated rings. The molecule has 1 aliphatic rings. The van der Waals surface area contributed by atoms with E-state index in [4.69, 9.17) is 0 Å². The molecule has 0 unspecified atom stereocenters. The molecule has 0 bridgehead atoms. The van der Waals surface area contributed by atoms with Crippen molar-refractivity contribution in [1.29, 1.82) is 0 Å². The first-order chi connectivity index (χ1) is 15.8. The standard InChI is InChI=1S/C22H19N5O6/c1-13(28)26-18(15-7-9-16(10-8-15)27(32)33)11-17(24-26)19-20(29)23-22(31)25(21(19)30)12-14-5-3-2-4-6-14/h2-10,18,30H,11-12H2,1H3,(H,23,29,31)/t18-/m0/s1. The van der Waals surface area contributed by atoms with E-state index in [0.29, 0.717) is 5.56 Å². The molecule has 2 aromatic carbocycles. The number of hydrogen-bond donors (Lipinski definition) is 2. The van der Waals surface area contributed by atoms with Gasteiger partial charge >= 0.3 is 5.69 Å². The largest absolute Gasteiger partial charge is 0.494 e. The molecule has 4 rings (SSSR count). The number of H-pyrrole nitrogens is 1. The highest BCUT2D eigenvalue weighted by molar-refractivity contribution is 6.04. The van der Waals surface area contributed by atoms with Gasteiger partial charge in [0.05, 0.1) is 23.2 Å². The molecular weight excluding hydrogens is 430 g/mol. The highest BCUT2D eigenvalue weighted by Gasteiger charge is 2.34. The molecule has 33 heavy (non-hydrogen) atoms. The van der Waals surface area contributed by atoms with E-state index >= 15 is 0 Å². The van der Waals surface area contributed by atoms with Crippen LogP contribution in [0.4, 0.5) is 5.69 Å². The summed E-state index contributed by atoms with van der Waals surface area (Å²) < 4.78 is 1.02. The quantitative estimate of drug-likeness (QED) is 0.448. The van der Waals surface area contributed by atoms with E-state index in [1.807, 2.05) is 6.07 Å². The molecule has 1 amide bonds. The fourth-order valence-electron chi connectivity index (χ4n) is 3.76. The Morgan fingerprint density at radius 2 is 1.85 bits per heavy atom. The van der Waals surface area contributed by atoms with Gasteiger partial charge in [-0.25, -0.2) is 9.80 Å². The van der Waals surface area contributed by atoms with Crippen LogP contribution in [0.3, 0.4) is 0 Å². The molecule has 168 valence electrons. The third-order valence-electron chi connectivity index (χ3n) is 5.37. The van der Waals surface area contributed by atoms with Crippen molar-refractivity contribution in [2.24, 2.45) is 5.10 Å². The predicted molar refractivity (Wildman–Crippen MR) is 118 cm³/mol. The van der Waals surface area contributed by atoms with Crippen LogP contribution >= 0.6 is 0 Å². The van der Waals surface area contributed by atoms with Gasteiger partial charge in [0.1, 0.15) is 5.56 Å². The highest BCUT2D eigenvalue weighted by Crippen LogP contribution is 2.34. The fraction of sp³-hybridized carbons (Fsp3) is 0.182. The van der Waals surface area contributed by atoms with Gasteiger partial charge in [-0.15, -0.1) is 0 Å². The molecule has 0 radical (unpaired) electrons. The Bertz CT molecular complexity index is 1380. The van der Waals surface area contributed by atoms with Crippen molar-refractivity contribution >= 4 is 17.3 Å². The first-order valence-corrected chi connectivity index (χ1v) is 9.98. The van der Waals surface area contributed by atoms with E-state index in [-0.39, 0.29) is 29.9 Å². The summed E-state index contributed by atoms with van der Waals surface area (Å²) in [6, 6.07) is 13.9. The van der Waals surface area contributed by atoms with Crippen LogP contribution in [0.25, 0.3) is 0 Å². The van der Waals surface area contributed by atoms with E-state index in [1.165, 1.54) is 31.2 Å². The number of benzene rings is 2. The van der Waals surface area contributed by atoms with Crippen molar-refractivity contribution in [3.63, 3.8) is 0 Å². The van der Waals surface area contributed by atoms with Crippen LogP contribution < -0.4 is 11.2 Å². The van der Waals surface area contributed by atoms with Crippen LogP contribution in [0.15, 0.2) is 69.3 Å². The van der Waals surface area contributed by atoms with Crippen LogP contribution in [0.5, 0.6) is 5.88 Å². The topological polar surface area (TPSA) is 151 Å². The number of nitrogens with one attached hydrogen (secondary N) is 1. The molecule has 1 aromatic heterocycles. The van der Waals surface area contributed by atoms with Crippen LogP contribution in [-0.2, 0) is 11.3 Å². The molecule has 0 spiro atoms. The molecule has 2 N–H and O–H groups in total. The number of aromatic amines is 1. The minimum atomic E-state index is -0.826. The number of nitro benzene ring substituents is 1. The lowest BCUT2D eigenvalue weighted by atomic mass is 9.99. The summed E-state index contributed by atoms with van der Waals surface area (Å²) in [6.07, 6.45) is 0.0670. The Balaban J connectivity index is 1.74. The molecule has 11 heteroatoms. The summed E-state index contributed by atoms with van der Waals surface area (Å²) in [7, 11) is 0. The SMILES string of the molecule is CC(=O)N1N=C(c2c(O)n(Cc3ccccc3)c(=O)[nH]c2=O)C[C@H]1c1ccc([N+](=O)[O-])cc1. The van der Waals surface area contributed by atoms with E-state index in [0.717, 1.165) is 15.1 Å². The fourth-order valence-corrected chi connectivity index (χ4v) is 3.76. The summed E-state index contributed by atoms with van der Waals surface area (Å²) >= 11 is 0. The maximum atomic E-state index is 12.6. The zero-order chi connectivity index (χ0) is 23.7. The maximum Gasteiger partial charge on any atom is 0.331 e. The molecule has 1 atom stereocenters. The van der Waals surface area contributed by atoms with Crippen molar-refractivity contribution < 1.29 is 14.8 Å². The molecule has 0 aliphatic carbocycles. The second-order valence-electron chi connectivity index (χ2n) is 7.51. The van der Waals surface area contributed by atoms with Crippen LogP contribution in [0.1, 0.15) is 36.1 Å². The molecule has 3 aromatic rings. The third kappa shape index (κ3) is 4.15. The number of hydrogen-bond acceptors (Lipinski definition) is 7. The zero-order valence-corrected chi connectivity index (χ0v) is 17.5. The minimum absolute atomic E-state index is 0.0186. The molecule has 2 heterocycles. The van der Waals surface area contributed by atoms with Gasteiger partial charge < -0.3 is 5.11 Å². The van der Waals surface area contributed by atoms with E-state index in [9.17, 15) is 29.6 Å². The number of hydrazone groups is 1. The molecule has 0 saturated carbocycles. The number of aromatic hydroxyl groups is 1. The van der Waals surface area contributed by atoms with Gasteiger partial charge in [0.15, 0.2) is 0 Å². The Hall–Kier alpha value is -4.54. The van der Waals surface area contributed by atoms with Crippen molar-refractivity contribution in [1.82, 2.24) is 14.6 Å². The number of non-ortho nitro benzene ring substituents is 1. The lowest BCUT2D eigenvalue weighted by molar-refractivity contribution is -0.384. The van der Waals surface area contributed by atoms with Gasteiger partial charge in [0.2, 0.25) is 11.8 Å². The summed E-state index contributed by atoms with van der Waals surface area (Å²) in [6.45, 7) is 1.32. The summed E-state index contributed by atoms with van der Waals surface area (Å²) in [4.78, 5) is 49.8. The predicted octanol–water partition coefficient (Wildman–Crippen LogP) is 1.90. The summed E-state index contributed by atoms with van der Waals surface area (Å²) in [5.74, 6) is -0.971. The monoisotopic (exact) mass is 449 g/mol. The molecule has 11 nitrogen and oxygen atoms in total. The maximum absolute atomic E-state index is 12.6. The number of carbonyl (C=O) groups excluding carboxylic acids is 1. The average molecular weight is 449 g/mol. The number of nitro groups is 1. The lowest BCUT2D eigenvalue weighted by Crippen LogP contribution is -2.34. The van der Waals surface area contributed by atoms with E-state index < -0.39 is 34.0 Å². The van der Waals surface area contributed by atoms with Crippen LogP contribution in [-0.4, -0.2) is 36.2 Å². The van der Waals surface area contributed by atoms with Gasteiger partial charge in [-0.3, -0.25) is 29.3 Å². The normalized spacial score (nSPS) is 15.4. The number of amides is 1. The number of carbonyl (C=O) groups is 1. The van der Waals surface area contributed by atoms with E-state index in [2.05, 4.69) is 10.1 Å². The highest BCUT2D eigenvalue weighted by atomic mass is 16.6. The summed E-state index contributed by atoms with van der Waals surface area (Å²) in [5, 5.41) is 27.2. The molecule has 0 saturated heterocycles. The second-order valence-corrected chi connectivity index (χ2v) is 7.51. The number of rotatable bonds is 5. The lowest BCUT2D eigenvalue weighted by Gasteiger charge is -2.20. The minimum Gasteiger partial charge on any atom is -0.494 e. The van der Waals surface area contributed by atoms with E-state index in [1.54, 1.807) is 24.3 Å². The number of aromatic nitrogens is 2. The van der Waals surface area contributed by atoms with Gasteiger partial charge in [0, 0.05) is 25.5 Å². The van der Waals surface area contributed by atoms with Gasteiger partial charge in [0.25, 0.3) is 11.2 Å². The first-order valence-electron chi connectivity index (χ1n) is 9.98. The Kier molecular flexibility index (Phi) is 5.61. The Labute approximate surface area is 186 Å². The van der Waals surface area contributed by atoms with Crippen molar-refractivity contribution in [3.05, 3.63) is 102 Å². The van der Waals surface area contributed by atoms with Gasteiger partial charge in [-0.1, -0.05) is 42.5 Å². The molecular formula is C22H19N5O6. The average Bonchev–Trinajstić information content (AvgIpc) is 3.22. The molecule has 1 aliphatic heterocycles. The van der Waals surface area contributed by atoms with Crippen LogP contribution in [0.2, 0.25) is 0 Å². The smallest absolute Gasteiger partial charge is 0.331 e. The van der Waals surface area contributed by atoms with Crippen molar-refractivity contribution in [2.75, 3.05) is 0 Å². The van der Waals surface area contributed by atoms with Gasteiger partial charge in [-0.2, -0.15) is 5.10 Å². The number of nitrogens with zero attached hydrogens (tertiary/aromatic N) is 4. The summed E-state index contributed by atoms with van der Waals surface area (Å²) in [5.41, 5.74) is -0.490. The van der Waals surface area contributed by atoms with Crippen LogP contribution in [0, 0.1) is 10.1 Å². The Morgan fingerprint density at radius 3 is 2.45 bits per heavy atom. The first kappa shape index (κ1) is 21.7. The Morgan fingerprint density at radius 1 is 1.18 bits per heavy atom. The van der Waals surface area contributed by atoms with Gasteiger partial charge in [-0.05, 0) is 11.1 Å². The van der Waals surface area contributed by atoms with Crippen molar-refractivity contribution in [2.45, 2.75) is 25.9 Å². The third-order valence-corrected chi connectivity index (χ3v) is 5.37. The zero-order valence-electron chi connectivity index (χ0n) is 17.5. The second kappa shape index (κ2) is 8.54. The van der Waals surface area contributed by atoms with Crippen molar-refractivity contribution in [3.8, 4) is 5.88 Å².